The van der Waals surface area contributed by atoms with E-state index in [4.69, 9.17) is 5.11 Å². The van der Waals surface area contributed by atoms with Crippen LogP contribution in [0.4, 0.5) is 0 Å². The zero-order valence-corrected chi connectivity index (χ0v) is 7.95. The SMILES string of the molecule is Cc1nn(-c2cnccn2)cc1C(=O)O. The van der Waals surface area contributed by atoms with Crippen LogP contribution in [0.15, 0.2) is 24.8 Å². The number of nitrogens with zero attached hydrogens (tertiary/aromatic N) is 4. The van der Waals surface area contributed by atoms with Gasteiger partial charge in [0.1, 0.15) is 5.56 Å². The maximum absolute atomic E-state index is 10.8. The highest BCUT2D eigenvalue weighted by molar-refractivity contribution is 5.88. The molecule has 6 heteroatoms. The van der Waals surface area contributed by atoms with E-state index in [2.05, 4.69) is 15.1 Å². The summed E-state index contributed by atoms with van der Waals surface area (Å²) in [5.74, 6) is -0.504. The van der Waals surface area contributed by atoms with E-state index in [9.17, 15) is 4.79 Å². The average molecular weight is 204 g/mol. The third kappa shape index (κ3) is 1.69. The van der Waals surface area contributed by atoms with E-state index in [0.29, 0.717) is 11.5 Å². The van der Waals surface area contributed by atoms with Gasteiger partial charge in [-0.2, -0.15) is 5.10 Å². The zero-order chi connectivity index (χ0) is 10.8. The second-order valence-electron chi connectivity index (χ2n) is 2.94. The quantitative estimate of drug-likeness (QED) is 0.777. The van der Waals surface area contributed by atoms with Crippen molar-refractivity contribution in [3.05, 3.63) is 36.0 Å². The molecule has 0 aliphatic rings. The summed E-state index contributed by atoms with van der Waals surface area (Å²) in [6.45, 7) is 1.64. The Morgan fingerprint density at radius 3 is 2.80 bits per heavy atom. The summed E-state index contributed by atoms with van der Waals surface area (Å²) in [7, 11) is 0. The monoisotopic (exact) mass is 204 g/mol. The van der Waals surface area contributed by atoms with Gasteiger partial charge in [0.25, 0.3) is 0 Å². The van der Waals surface area contributed by atoms with Gasteiger partial charge in [0.2, 0.25) is 0 Å². The van der Waals surface area contributed by atoms with Gasteiger partial charge >= 0.3 is 5.97 Å². The molecule has 0 atom stereocenters. The minimum absolute atomic E-state index is 0.167. The van der Waals surface area contributed by atoms with Crippen molar-refractivity contribution in [2.45, 2.75) is 6.92 Å². The molecule has 0 aromatic carbocycles. The molecule has 2 rings (SSSR count). The molecule has 1 N–H and O–H groups in total. The molecule has 15 heavy (non-hydrogen) atoms. The molecule has 0 saturated carbocycles. The van der Waals surface area contributed by atoms with E-state index in [-0.39, 0.29) is 5.56 Å². The highest BCUT2D eigenvalue weighted by Gasteiger charge is 2.12. The Bertz CT molecular complexity index is 492. The maximum atomic E-state index is 10.8. The molecule has 76 valence electrons. The van der Waals surface area contributed by atoms with E-state index < -0.39 is 5.97 Å². The molecule has 6 nitrogen and oxygen atoms in total. The molecule has 0 spiro atoms. The zero-order valence-electron chi connectivity index (χ0n) is 7.95. The van der Waals surface area contributed by atoms with Crippen molar-refractivity contribution < 1.29 is 9.90 Å². The number of carboxylic acids is 1. The van der Waals surface area contributed by atoms with Crippen LogP contribution in [0, 0.1) is 6.92 Å². The average Bonchev–Trinajstić information content (AvgIpc) is 2.62. The van der Waals surface area contributed by atoms with Crippen molar-refractivity contribution >= 4 is 5.97 Å². The van der Waals surface area contributed by atoms with E-state index >= 15 is 0 Å². The van der Waals surface area contributed by atoms with Crippen molar-refractivity contribution in [2.24, 2.45) is 0 Å². The van der Waals surface area contributed by atoms with Crippen LogP contribution in [-0.2, 0) is 0 Å². The van der Waals surface area contributed by atoms with Gasteiger partial charge in [0.05, 0.1) is 11.9 Å². The standard InChI is InChI=1S/C9H8N4O2/c1-6-7(9(14)15)5-13(12-6)8-4-10-2-3-11-8/h2-5H,1H3,(H,14,15). The Morgan fingerprint density at radius 2 is 2.27 bits per heavy atom. The molecule has 0 aliphatic carbocycles. The van der Waals surface area contributed by atoms with Crippen LogP contribution < -0.4 is 0 Å². The number of carboxylic acid groups (broad SMARTS) is 1. The first kappa shape index (κ1) is 9.32. The first-order chi connectivity index (χ1) is 7.18. The summed E-state index contributed by atoms with van der Waals surface area (Å²) in [6.07, 6.45) is 5.99. The topological polar surface area (TPSA) is 80.9 Å². The molecular formula is C9H8N4O2. The van der Waals surface area contributed by atoms with Crippen molar-refractivity contribution in [3.63, 3.8) is 0 Å². The summed E-state index contributed by atoms with van der Waals surface area (Å²) in [4.78, 5) is 18.7. The number of carbonyl (C=O) groups is 1. The van der Waals surface area contributed by atoms with Gasteiger partial charge in [0.15, 0.2) is 5.82 Å². The molecule has 0 bridgehead atoms. The fourth-order valence-corrected chi connectivity index (χ4v) is 1.20. The van der Waals surface area contributed by atoms with Crippen LogP contribution in [0.1, 0.15) is 16.1 Å². The predicted octanol–water partition coefficient (Wildman–Crippen LogP) is 0.669. The third-order valence-corrected chi connectivity index (χ3v) is 1.91. The Labute approximate surface area is 85.2 Å². The third-order valence-electron chi connectivity index (χ3n) is 1.91. The van der Waals surface area contributed by atoms with Crippen molar-refractivity contribution in [1.29, 1.82) is 0 Å². The van der Waals surface area contributed by atoms with Crippen molar-refractivity contribution in [3.8, 4) is 5.82 Å². The van der Waals surface area contributed by atoms with Crippen LogP contribution >= 0.6 is 0 Å². The molecule has 0 saturated heterocycles. The van der Waals surface area contributed by atoms with Crippen LogP contribution in [0.25, 0.3) is 5.82 Å². The molecular weight excluding hydrogens is 196 g/mol. The Morgan fingerprint density at radius 1 is 1.47 bits per heavy atom. The lowest BCUT2D eigenvalue weighted by atomic mass is 10.3. The first-order valence-electron chi connectivity index (χ1n) is 4.24. The summed E-state index contributed by atoms with van der Waals surface area (Å²) >= 11 is 0. The predicted molar refractivity (Wildman–Crippen MR) is 50.9 cm³/mol. The molecule has 0 aliphatic heterocycles. The van der Waals surface area contributed by atoms with Crippen LogP contribution in [0.3, 0.4) is 0 Å². The molecule has 0 unspecified atom stereocenters. The molecule has 2 heterocycles. The van der Waals surface area contributed by atoms with Gasteiger partial charge in [-0.3, -0.25) is 4.98 Å². The Hall–Kier alpha value is -2.24. The summed E-state index contributed by atoms with van der Waals surface area (Å²) in [5, 5.41) is 12.9. The summed E-state index contributed by atoms with van der Waals surface area (Å²) < 4.78 is 1.39. The normalized spacial score (nSPS) is 10.2. The highest BCUT2D eigenvalue weighted by Crippen LogP contribution is 2.08. The minimum atomic E-state index is -0.998. The van der Waals surface area contributed by atoms with E-state index in [1.807, 2.05) is 0 Å². The lowest BCUT2D eigenvalue weighted by Gasteiger charge is -1.96. The van der Waals surface area contributed by atoms with Crippen LogP contribution in [0.5, 0.6) is 0 Å². The fourth-order valence-electron chi connectivity index (χ4n) is 1.20. The van der Waals surface area contributed by atoms with Gasteiger partial charge in [-0.25, -0.2) is 14.5 Å². The fraction of sp³-hybridized carbons (Fsp3) is 0.111. The van der Waals surface area contributed by atoms with E-state index in [1.165, 1.54) is 29.5 Å². The van der Waals surface area contributed by atoms with Crippen LogP contribution in [-0.4, -0.2) is 30.8 Å². The number of rotatable bonds is 2. The number of aromatic carboxylic acids is 1. The van der Waals surface area contributed by atoms with Gasteiger partial charge < -0.3 is 5.11 Å². The van der Waals surface area contributed by atoms with E-state index in [0.717, 1.165) is 0 Å². The lowest BCUT2D eigenvalue weighted by Crippen LogP contribution is -1.98. The minimum Gasteiger partial charge on any atom is -0.478 e. The largest absolute Gasteiger partial charge is 0.478 e. The number of hydrogen-bond donors (Lipinski definition) is 1. The second-order valence-corrected chi connectivity index (χ2v) is 2.94. The van der Waals surface area contributed by atoms with Crippen LogP contribution in [0.2, 0.25) is 0 Å². The summed E-state index contributed by atoms with van der Waals surface area (Å²) in [5.41, 5.74) is 0.619. The first-order valence-corrected chi connectivity index (χ1v) is 4.24. The maximum Gasteiger partial charge on any atom is 0.339 e. The molecule has 0 amide bonds. The molecule has 0 radical (unpaired) electrons. The summed E-state index contributed by atoms with van der Waals surface area (Å²) in [6, 6.07) is 0. The number of hydrogen-bond acceptors (Lipinski definition) is 4. The van der Waals surface area contributed by atoms with Crippen molar-refractivity contribution in [1.82, 2.24) is 19.7 Å². The van der Waals surface area contributed by atoms with E-state index in [1.54, 1.807) is 6.92 Å². The van der Waals surface area contributed by atoms with Crippen molar-refractivity contribution in [2.75, 3.05) is 0 Å². The highest BCUT2D eigenvalue weighted by atomic mass is 16.4. The van der Waals surface area contributed by atoms with Gasteiger partial charge in [-0.1, -0.05) is 0 Å². The van der Waals surface area contributed by atoms with Gasteiger partial charge in [0, 0.05) is 18.6 Å². The van der Waals surface area contributed by atoms with Gasteiger partial charge in [-0.05, 0) is 6.92 Å². The number of aromatic nitrogens is 4. The van der Waals surface area contributed by atoms with Gasteiger partial charge in [-0.15, -0.1) is 0 Å². The smallest absolute Gasteiger partial charge is 0.339 e. The molecule has 0 fully saturated rings. The number of aryl methyl sites for hydroxylation is 1. The Balaban J connectivity index is 2.48. The lowest BCUT2D eigenvalue weighted by molar-refractivity contribution is 0.0696. The molecule has 2 aromatic heterocycles. The molecule has 2 aromatic rings. The second kappa shape index (κ2) is 3.49. The Kier molecular flexibility index (Phi) is 2.17.